The third-order valence-electron chi connectivity index (χ3n) is 2.46. The Labute approximate surface area is 103 Å². The van der Waals surface area contributed by atoms with Gasteiger partial charge in [-0.1, -0.05) is 62.3 Å². The molecule has 1 N–H and O–H groups in total. The van der Waals surface area contributed by atoms with E-state index in [0.717, 1.165) is 18.5 Å². The van der Waals surface area contributed by atoms with E-state index in [2.05, 4.69) is 6.92 Å². The molecule has 0 amide bonds. The Morgan fingerprint density at radius 2 is 2.00 bits per heavy atom. The van der Waals surface area contributed by atoms with Crippen LogP contribution in [0.15, 0.2) is 30.3 Å². The zero-order valence-electron chi connectivity index (χ0n) is 9.65. The molecule has 0 aromatic heterocycles. The summed E-state index contributed by atoms with van der Waals surface area (Å²) in [6, 6.07) is 9.71. The molecular weight excluding hydrogens is 216 g/mol. The van der Waals surface area contributed by atoms with Gasteiger partial charge in [0.2, 0.25) is 0 Å². The van der Waals surface area contributed by atoms with E-state index in [9.17, 15) is 0 Å². The Bertz CT molecular complexity index is 335. The molecule has 0 aliphatic heterocycles. The van der Waals surface area contributed by atoms with Crippen LogP contribution < -0.4 is 0 Å². The van der Waals surface area contributed by atoms with E-state index in [1.54, 1.807) is 5.49 Å². The number of rotatable bonds is 6. The number of nitrogens with one attached hydrogen (secondary N) is 1. The highest BCUT2D eigenvalue weighted by atomic mass is 32.1. The molecule has 0 spiro atoms. The molecule has 1 aromatic rings. The van der Waals surface area contributed by atoms with Gasteiger partial charge in [0.05, 0.1) is 5.49 Å². The molecular formula is C13H18N2S. The van der Waals surface area contributed by atoms with Crippen molar-refractivity contribution in [3.05, 3.63) is 35.9 Å². The molecule has 3 heteroatoms. The second-order valence-corrected chi connectivity index (χ2v) is 3.93. The molecule has 1 rings (SSSR count). The molecule has 0 saturated heterocycles. The van der Waals surface area contributed by atoms with Gasteiger partial charge in [-0.15, -0.1) is 0 Å². The van der Waals surface area contributed by atoms with Gasteiger partial charge in [-0.2, -0.15) is 0 Å². The number of nitrogens with zero attached hydrogens (tertiary/aromatic N) is 1. The molecule has 1 aromatic carbocycles. The van der Waals surface area contributed by atoms with Crippen molar-refractivity contribution in [3.63, 3.8) is 0 Å². The fourth-order valence-electron chi connectivity index (χ4n) is 1.51. The monoisotopic (exact) mass is 234 g/mol. The van der Waals surface area contributed by atoms with E-state index in [4.69, 9.17) is 17.6 Å². The smallest absolute Gasteiger partial charge is 0.132 e. The van der Waals surface area contributed by atoms with Crippen LogP contribution in [-0.4, -0.2) is 22.8 Å². The molecule has 0 fully saturated rings. The average Bonchev–Trinajstić information content (AvgIpc) is 2.35. The van der Waals surface area contributed by atoms with Crippen LogP contribution in [0.2, 0.25) is 0 Å². The van der Waals surface area contributed by atoms with Crippen molar-refractivity contribution >= 4 is 23.5 Å². The van der Waals surface area contributed by atoms with Gasteiger partial charge < -0.3 is 4.90 Å². The lowest BCUT2D eigenvalue weighted by Gasteiger charge is -2.19. The first kappa shape index (κ1) is 12.8. The van der Waals surface area contributed by atoms with Crippen LogP contribution in [0.4, 0.5) is 0 Å². The van der Waals surface area contributed by atoms with Gasteiger partial charge in [-0.25, -0.2) is 0 Å². The standard InChI is InChI=1S/C13H18N2S/c1-2-3-7-10-15(11-16)13(14)12-8-5-4-6-9-12/h4-6,8-9,11,14H,2-3,7,10H2,1H3. The maximum atomic E-state index is 8.05. The first-order valence-corrected chi connectivity index (χ1v) is 6.12. The highest BCUT2D eigenvalue weighted by Crippen LogP contribution is 2.05. The quantitative estimate of drug-likeness (QED) is 0.353. The maximum Gasteiger partial charge on any atom is 0.132 e. The second kappa shape index (κ2) is 7.12. The van der Waals surface area contributed by atoms with E-state index in [-0.39, 0.29) is 0 Å². The van der Waals surface area contributed by atoms with Crippen LogP contribution in [0.3, 0.4) is 0 Å². The maximum absolute atomic E-state index is 8.05. The normalized spacial score (nSPS) is 9.81. The van der Waals surface area contributed by atoms with Crippen molar-refractivity contribution in [1.82, 2.24) is 4.90 Å². The Hall–Kier alpha value is -1.22. The van der Waals surface area contributed by atoms with Crippen molar-refractivity contribution in [2.45, 2.75) is 26.2 Å². The van der Waals surface area contributed by atoms with E-state index < -0.39 is 0 Å². The SMILES string of the molecule is CCCCCN(C=S)C(=N)c1ccccc1. The van der Waals surface area contributed by atoms with Crippen molar-refractivity contribution in [3.8, 4) is 0 Å². The summed E-state index contributed by atoms with van der Waals surface area (Å²) in [4.78, 5) is 1.83. The summed E-state index contributed by atoms with van der Waals surface area (Å²) in [5.74, 6) is 0.492. The number of hydrogen-bond donors (Lipinski definition) is 1. The molecule has 0 atom stereocenters. The van der Waals surface area contributed by atoms with E-state index in [1.165, 1.54) is 12.8 Å². The predicted octanol–water partition coefficient (Wildman–Crippen LogP) is 3.46. The average molecular weight is 234 g/mol. The zero-order chi connectivity index (χ0) is 11.8. The molecule has 0 heterocycles. The summed E-state index contributed by atoms with van der Waals surface area (Å²) in [6.07, 6.45) is 3.45. The largest absolute Gasteiger partial charge is 0.323 e. The topological polar surface area (TPSA) is 27.1 Å². The lowest BCUT2D eigenvalue weighted by atomic mass is 10.2. The highest BCUT2D eigenvalue weighted by Gasteiger charge is 2.08. The van der Waals surface area contributed by atoms with E-state index >= 15 is 0 Å². The minimum atomic E-state index is 0.492. The zero-order valence-corrected chi connectivity index (χ0v) is 10.5. The van der Waals surface area contributed by atoms with Crippen molar-refractivity contribution < 1.29 is 0 Å². The lowest BCUT2D eigenvalue weighted by Crippen LogP contribution is -2.29. The van der Waals surface area contributed by atoms with Crippen LogP contribution in [0, 0.1) is 5.41 Å². The number of benzene rings is 1. The third-order valence-corrected chi connectivity index (χ3v) is 2.72. The first-order valence-electron chi connectivity index (χ1n) is 5.65. The number of amidine groups is 1. The summed E-state index contributed by atoms with van der Waals surface area (Å²) >= 11 is 4.96. The van der Waals surface area contributed by atoms with Gasteiger partial charge in [0.15, 0.2) is 0 Å². The Morgan fingerprint density at radius 1 is 1.31 bits per heavy atom. The molecule has 86 valence electrons. The lowest BCUT2D eigenvalue weighted by molar-refractivity contribution is 0.566. The van der Waals surface area contributed by atoms with E-state index in [0.29, 0.717) is 5.84 Å². The van der Waals surface area contributed by atoms with Gasteiger partial charge in [0, 0.05) is 12.1 Å². The predicted molar refractivity (Wildman–Crippen MR) is 73.2 cm³/mol. The number of unbranched alkanes of at least 4 members (excludes halogenated alkanes) is 2. The Kier molecular flexibility index (Phi) is 5.72. The minimum absolute atomic E-state index is 0.492. The van der Waals surface area contributed by atoms with Gasteiger partial charge >= 0.3 is 0 Å². The van der Waals surface area contributed by atoms with Gasteiger partial charge in [-0.3, -0.25) is 5.41 Å². The molecule has 0 unspecified atom stereocenters. The summed E-state index contributed by atoms with van der Waals surface area (Å²) in [6.45, 7) is 3.01. The van der Waals surface area contributed by atoms with Crippen molar-refractivity contribution in [2.24, 2.45) is 0 Å². The van der Waals surface area contributed by atoms with Gasteiger partial charge in [0.25, 0.3) is 0 Å². The van der Waals surface area contributed by atoms with Crippen LogP contribution in [0.1, 0.15) is 31.7 Å². The van der Waals surface area contributed by atoms with Crippen LogP contribution >= 0.6 is 12.2 Å². The van der Waals surface area contributed by atoms with Crippen LogP contribution in [0.5, 0.6) is 0 Å². The molecule has 0 aliphatic rings. The fraction of sp³-hybridized carbons (Fsp3) is 0.385. The van der Waals surface area contributed by atoms with Crippen LogP contribution in [-0.2, 0) is 0 Å². The third kappa shape index (κ3) is 3.74. The molecule has 16 heavy (non-hydrogen) atoms. The highest BCUT2D eigenvalue weighted by molar-refractivity contribution is 7.78. The molecule has 0 radical (unpaired) electrons. The van der Waals surface area contributed by atoms with Gasteiger partial charge in [-0.05, 0) is 6.42 Å². The first-order chi connectivity index (χ1) is 7.79. The Balaban J connectivity index is 2.59. The summed E-state index contributed by atoms with van der Waals surface area (Å²) in [7, 11) is 0. The number of thiocarbonyl (C=S) groups is 1. The molecule has 2 nitrogen and oxygen atoms in total. The summed E-state index contributed by atoms with van der Waals surface area (Å²) in [5.41, 5.74) is 2.49. The molecule has 0 saturated carbocycles. The fourth-order valence-corrected chi connectivity index (χ4v) is 1.72. The summed E-state index contributed by atoms with van der Waals surface area (Å²) in [5, 5.41) is 8.05. The second-order valence-electron chi connectivity index (χ2n) is 3.72. The van der Waals surface area contributed by atoms with Gasteiger partial charge in [0.1, 0.15) is 5.84 Å². The van der Waals surface area contributed by atoms with Crippen LogP contribution in [0.25, 0.3) is 0 Å². The number of hydrogen-bond acceptors (Lipinski definition) is 2. The van der Waals surface area contributed by atoms with Crippen molar-refractivity contribution in [2.75, 3.05) is 6.54 Å². The van der Waals surface area contributed by atoms with E-state index in [1.807, 2.05) is 35.2 Å². The summed E-state index contributed by atoms with van der Waals surface area (Å²) < 4.78 is 0. The van der Waals surface area contributed by atoms with Crippen molar-refractivity contribution in [1.29, 1.82) is 5.41 Å². The minimum Gasteiger partial charge on any atom is -0.323 e. The Morgan fingerprint density at radius 3 is 2.56 bits per heavy atom. The molecule has 0 bridgehead atoms. The molecule has 0 aliphatic carbocycles.